The van der Waals surface area contributed by atoms with Gasteiger partial charge in [-0.1, -0.05) is 30.0 Å². The van der Waals surface area contributed by atoms with E-state index in [4.69, 9.17) is 4.74 Å². The molecule has 0 aliphatic carbocycles. The Hall–Kier alpha value is -3.06. The van der Waals surface area contributed by atoms with E-state index < -0.39 is 0 Å². The number of amides is 1. The number of aromatic nitrogens is 2. The highest BCUT2D eigenvalue weighted by Crippen LogP contribution is 2.28. The fraction of sp³-hybridized carbons (Fsp3) is 0.150. The van der Waals surface area contributed by atoms with Crippen LogP contribution in [0.5, 0.6) is 5.75 Å². The van der Waals surface area contributed by atoms with Crippen LogP contribution in [0.1, 0.15) is 12.5 Å². The number of carbonyl (C=O) groups is 1. The molecule has 7 heteroatoms. The minimum Gasteiger partial charge on any atom is -0.496 e. The predicted octanol–water partition coefficient (Wildman–Crippen LogP) is 4.21. The first-order chi connectivity index (χ1) is 13.1. The summed E-state index contributed by atoms with van der Waals surface area (Å²) in [4.78, 5) is 20.7. The largest absolute Gasteiger partial charge is 0.496 e. The smallest absolute Gasteiger partial charge is 0.221 e. The molecule has 138 valence electrons. The van der Waals surface area contributed by atoms with Gasteiger partial charge >= 0.3 is 0 Å². The summed E-state index contributed by atoms with van der Waals surface area (Å²) in [6, 6.07) is 17.4. The molecule has 0 unspecified atom stereocenters. The van der Waals surface area contributed by atoms with Crippen molar-refractivity contribution < 1.29 is 9.53 Å². The maximum atomic E-state index is 11.1. The molecule has 3 aromatic rings. The molecule has 0 atom stereocenters. The molecular formula is C20H20N4O2S. The van der Waals surface area contributed by atoms with Crippen LogP contribution in [0, 0.1) is 0 Å². The number of nitrogens with zero attached hydrogens (tertiary/aromatic N) is 2. The Kier molecular flexibility index (Phi) is 6.27. The number of benzene rings is 2. The second-order valence-electron chi connectivity index (χ2n) is 5.71. The number of ether oxygens (including phenoxy) is 1. The lowest BCUT2D eigenvalue weighted by Gasteiger charge is -2.10. The quantitative estimate of drug-likeness (QED) is 0.598. The summed E-state index contributed by atoms with van der Waals surface area (Å²) in [5.74, 6) is 1.50. The van der Waals surface area contributed by atoms with Crippen LogP contribution in [0.15, 0.2) is 70.8 Å². The van der Waals surface area contributed by atoms with Gasteiger partial charge in [-0.3, -0.25) is 4.79 Å². The molecule has 0 aliphatic rings. The minimum atomic E-state index is -0.0861. The van der Waals surface area contributed by atoms with Gasteiger partial charge in [0.05, 0.1) is 7.11 Å². The van der Waals surface area contributed by atoms with Crippen molar-refractivity contribution in [1.82, 2.24) is 9.97 Å². The van der Waals surface area contributed by atoms with Gasteiger partial charge in [0.2, 0.25) is 5.91 Å². The van der Waals surface area contributed by atoms with E-state index in [-0.39, 0.29) is 5.91 Å². The van der Waals surface area contributed by atoms with Crippen LogP contribution in [-0.2, 0) is 11.3 Å². The number of hydrogen-bond acceptors (Lipinski definition) is 6. The summed E-state index contributed by atoms with van der Waals surface area (Å²) < 4.78 is 5.37. The molecule has 0 radical (unpaired) electrons. The monoisotopic (exact) mass is 380 g/mol. The summed E-state index contributed by atoms with van der Waals surface area (Å²) in [7, 11) is 1.66. The lowest BCUT2D eigenvalue weighted by molar-refractivity contribution is -0.114. The van der Waals surface area contributed by atoms with Gasteiger partial charge in [-0.15, -0.1) is 0 Å². The third kappa shape index (κ3) is 5.46. The highest BCUT2D eigenvalue weighted by molar-refractivity contribution is 7.99. The van der Waals surface area contributed by atoms with Crippen molar-refractivity contribution in [3.8, 4) is 5.75 Å². The fourth-order valence-electron chi connectivity index (χ4n) is 2.46. The molecular weight excluding hydrogens is 360 g/mol. The molecule has 0 saturated carbocycles. The van der Waals surface area contributed by atoms with Crippen molar-refractivity contribution in [1.29, 1.82) is 0 Å². The second-order valence-corrected chi connectivity index (χ2v) is 6.81. The number of nitrogens with one attached hydrogen (secondary N) is 2. The Morgan fingerprint density at radius 1 is 1.11 bits per heavy atom. The Morgan fingerprint density at radius 2 is 1.89 bits per heavy atom. The van der Waals surface area contributed by atoms with Gasteiger partial charge < -0.3 is 15.4 Å². The summed E-state index contributed by atoms with van der Waals surface area (Å²) in [5.41, 5.74) is 1.83. The Balaban J connectivity index is 1.64. The summed E-state index contributed by atoms with van der Waals surface area (Å²) >= 11 is 1.53. The van der Waals surface area contributed by atoms with Crippen LogP contribution in [0.2, 0.25) is 0 Å². The number of methoxy groups -OCH3 is 1. The second kappa shape index (κ2) is 9.05. The van der Waals surface area contributed by atoms with Crippen LogP contribution < -0.4 is 15.4 Å². The molecule has 3 rings (SSSR count). The van der Waals surface area contributed by atoms with Gasteiger partial charge in [-0.25, -0.2) is 9.97 Å². The normalized spacial score (nSPS) is 10.3. The van der Waals surface area contributed by atoms with Crippen molar-refractivity contribution in [3.05, 3.63) is 66.5 Å². The summed E-state index contributed by atoms with van der Waals surface area (Å²) in [6.45, 7) is 2.10. The first-order valence-corrected chi connectivity index (χ1v) is 9.19. The highest BCUT2D eigenvalue weighted by atomic mass is 32.2. The molecule has 0 saturated heterocycles. The molecule has 2 N–H and O–H groups in total. The minimum absolute atomic E-state index is 0.0861. The van der Waals surface area contributed by atoms with Crippen molar-refractivity contribution in [2.45, 2.75) is 23.4 Å². The summed E-state index contributed by atoms with van der Waals surface area (Å²) in [6.07, 6.45) is 1.54. The zero-order valence-corrected chi connectivity index (χ0v) is 15.9. The van der Waals surface area contributed by atoms with Gasteiger partial charge in [0, 0.05) is 35.7 Å². The molecule has 0 aliphatic heterocycles. The first-order valence-electron chi connectivity index (χ1n) is 8.37. The van der Waals surface area contributed by atoms with E-state index in [0.29, 0.717) is 6.54 Å². The van der Waals surface area contributed by atoms with Crippen molar-refractivity contribution in [2.75, 3.05) is 17.7 Å². The van der Waals surface area contributed by atoms with Crippen LogP contribution in [-0.4, -0.2) is 23.0 Å². The highest BCUT2D eigenvalue weighted by Gasteiger charge is 2.05. The van der Waals surface area contributed by atoms with Crippen LogP contribution in [0.25, 0.3) is 0 Å². The number of rotatable bonds is 7. The zero-order chi connectivity index (χ0) is 19.1. The Labute approximate surface area is 162 Å². The van der Waals surface area contributed by atoms with Gasteiger partial charge in [-0.05, 0) is 30.3 Å². The average molecular weight is 380 g/mol. The van der Waals surface area contributed by atoms with Crippen molar-refractivity contribution >= 4 is 29.2 Å². The van der Waals surface area contributed by atoms with Gasteiger partial charge in [0.25, 0.3) is 0 Å². The molecule has 0 bridgehead atoms. The van der Waals surface area contributed by atoms with E-state index in [9.17, 15) is 4.79 Å². The van der Waals surface area contributed by atoms with E-state index in [2.05, 4.69) is 20.6 Å². The molecule has 1 aromatic heterocycles. The summed E-state index contributed by atoms with van der Waals surface area (Å²) in [5, 5.41) is 6.89. The Morgan fingerprint density at radius 3 is 2.63 bits per heavy atom. The number of anilines is 2. The van der Waals surface area contributed by atoms with Crippen LogP contribution in [0.3, 0.4) is 0 Å². The van der Waals surface area contributed by atoms with Crippen molar-refractivity contribution in [3.63, 3.8) is 0 Å². The number of para-hydroxylation sites is 1. The maximum Gasteiger partial charge on any atom is 0.221 e. The lowest BCUT2D eigenvalue weighted by Crippen LogP contribution is -2.05. The van der Waals surface area contributed by atoms with E-state index in [1.807, 2.05) is 54.6 Å². The standard InChI is InChI=1S/C20H20N4O2S/c1-14(25)24-16-7-9-17(10-8-16)27-20-11-19(22-13-23-20)21-12-15-5-3-4-6-18(15)26-2/h3-11,13H,12H2,1-2H3,(H,24,25)(H,21,22,23). The zero-order valence-electron chi connectivity index (χ0n) is 15.1. The van der Waals surface area contributed by atoms with Crippen molar-refractivity contribution in [2.24, 2.45) is 0 Å². The molecule has 6 nitrogen and oxygen atoms in total. The SMILES string of the molecule is COc1ccccc1CNc1cc(Sc2ccc(NC(C)=O)cc2)ncn1. The van der Waals surface area contributed by atoms with Gasteiger partial charge in [-0.2, -0.15) is 0 Å². The molecule has 0 spiro atoms. The maximum absolute atomic E-state index is 11.1. The fourth-order valence-corrected chi connectivity index (χ4v) is 3.24. The molecule has 1 amide bonds. The first kappa shape index (κ1) is 18.7. The molecule has 0 fully saturated rings. The van der Waals surface area contributed by atoms with Crippen LogP contribution >= 0.6 is 11.8 Å². The van der Waals surface area contributed by atoms with Crippen LogP contribution in [0.4, 0.5) is 11.5 Å². The molecule has 2 aromatic carbocycles. The molecule has 1 heterocycles. The van der Waals surface area contributed by atoms with E-state index in [1.165, 1.54) is 18.7 Å². The molecule has 27 heavy (non-hydrogen) atoms. The number of carbonyl (C=O) groups excluding carboxylic acids is 1. The van der Waals surface area contributed by atoms with E-state index >= 15 is 0 Å². The predicted molar refractivity (Wildman–Crippen MR) is 107 cm³/mol. The van der Waals surface area contributed by atoms with Gasteiger partial charge in [0.1, 0.15) is 22.9 Å². The van der Waals surface area contributed by atoms with Gasteiger partial charge in [0.15, 0.2) is 0 Å². The third-order valence-corrected chi connectivity index (χ3v) is 4.63. The third-order valence-electron chi connectivity index (χ3n) is 3.69. The topological polar surface area (TPSA) is 76.1 Å². The van der Waals surface area contributed by atoms with E-state index in [0.717, 1.165) is 32.7 Å². The number of hydrogen-bond donors (Lipinski definition) is 2. The van der Waals surface area contributed by atoms with E-state index in [1.54, 1.807) is 13.4 Å². The Bertz CT molecular complexity index is 916. The lowest BCUT2D eigenvalue weighted by atomic mass is 10.2. The average Bonchev–Trinajstić information content (AvgIpc) is 2.68.